The van der Waals surface area contributed by atoms with Crippen molar-refractivity contribution in [2.24, 2.45) is 0 Å². The number of rotatable bonds is 6. The highest BCUT2D eigenvalue weighted by Gasteiger charge is 2.32. The molecule has 1 unspecified atom stereocenters. The van der Waals surface area contributed by atoms with E-state index in [-0.39, 0.29) is 18.9 Å². The van der Waals surface area contributed by atoms with Crippen LogP contribution in [0.2, 0.25) is 0 Å². The smallest absolute Gasteiger partial charge is 0.224 e. The van der Waals surface area contributed by atoms with Gasteiger partial charge in [0.2, 0.25) is 11.7 Å². The fourth-order valence-electron chi connectivity index (χ4n) is 3.90. The van der Waals surface area contributed by atoms with Crippen molar-refractivity contribution >= 4 is 16.7 Å². The van der Waals surface area contributed by atoms with Gasteiger partial charge in [-0.2, -0.15) is 10.2 Å². The number of carbonyl (C=O) groups excluding carboxylic acids is 1. The van der Waals surface area contributed by atoms with E-state index < -0.39 is 6.10 Å². The minimum atomic E-state index is -0.600. The van der Waals surface area contributed by atoms with Crippen LogP contribution in [0.4, 0.5) is 0 Å². The van der Waals surface area contributed by atoms with E-state index in [2.05, 4.69) is 15.3 Å². The number of ketones is 1. The van der Waals surface area contributed by atoms with Gasteiger partial charge in [-0.3, -0.25) is 9.48 Å². The highest BCUT2D eigenvalue weighted by molar-refractivity contribution is 6.09. The number of aromatic nitrogens is 4. The monoisotopic (exact) mass is 404 g/mol. The number of methoxy groups -OCH3 is 1. The molecule has 0 bridgehead atoms. The lowest BCUT2D eigenvalue weighted by atomic mass is 10.0. The van der Waals surface area contributed by atoms with E-state index in [1.54, 1.807) is 18.0 Å². The minimum Gasteiger partial charge on any atom is -0.482 e. The molecule has 0 fully saturated rings. The number of aliphatic hydroxyl groups is 1. The highest BCUT2D eigenvalue weighted by atomic mass is 16.5. The molecule has 152 valence electrons. The summed E-state index contributed by atoms with van der Waals surface area (Å²) in [5.41, 5.74) is 3.80. The van der Waals surface area contributed by atoms with Gasteiger partial charge in [0.1, 0.15) is 11.4 Å². The number of para-hydroxylation sites is 1. The summed E-state index contributed by atoms with van der Waals surface area (Å²) in [5.74, 6) is 1.13. The summed E-state index contributed by atoms with van der Waals surface area (Å²) in [6.45, 7) is 0.191. The Kier molecular flexibility index (Phi) is 4.48. The molecular formula is C22H20N4O4. The maximum atomic E-state index is 13.3. The molecule has 1 atom stereocenters. The summed E-state index contributed by atoms with van der Waals surface area (Å²) < 4.78 is 12.9. The Bertz CT molecular complexity index is 1220. The molecule has 30 heavy (non-hydrogen) atoms. The van der Waals surface area contributed by atoms with Crippen molar-refractivity contribution in [1.82, 2.24) is 20.0 Å². The molecular weight excluding hydrogens is 384 g/mol. The summed E-state index contributed by atoms with van der Waals surface area (Å²) in [7, 11) is 1.57. The van der Waals surface area contributed by atoms with Gasteiger partial charge in [0, 0.05) is 11.8 Å². The molecule has 3 heterocycles. The maximum Gasteiger partial charge on any atom is 0.224 e. The Hall–Kier alpha value is -3.65. The number of hydrogen-bond donors (Lipinski definition) is 2. The molecule has 5 rings (SSSR count). The van der Waals surface area contributed by atoms with Crippen LogP contribution in [0.5, 0.6) is 11.6 Å². The molecule has 0 saturated carbocycles. The highest BCUT2D eigenvalue weighted by Crippen LogP contribution is 2.33. The van der Waals surface area contributed by atoms with E-state index >= 15 is 0 Å². The Morgan fingerprint density at radius 1 is 1.33 bits per heavy atom. The quantitative estimate of drug-likeness (QED) is 0.479. The lowest BCUT2D eigenvalue weighted by molar-refractivity contribution is 0.0820. The Morgan fingerprint density at radius 3 is 3.00 bits per heavy atom. The number of H-pyrrole nitrogens is 1. The molecule has 2 aromatic carbocycles. The topological polar surface area (TPSA) is 102 Å². The first-order valence-electron chi connectivity index (χ1n) is 9.67. The van der Waals surface area contributed by atoms with Crippen molar-refractivity contribution in [3.8, 4) is 22.8 Å². The molecule has 1 aliphatic heterocycles. The number of nitrogens with one attached hydrogen (secondary N) is 1. The molecule has 0 radical (unpaired) electrons. The molecule has 4 aromatic rings. The average molecular weight is 404 g/mol. The second-order valence-corrected chi connectivity index (χ2v) is 7.13. The molecule has 2 aromatic heterocycles. The summed E-state index contributed by atoms with van der Waals surface area (Å²) in [6, 6.07) is 13.4. The van der Waals surface area contributed by atoms with E-state index in [1.807, 2.05) is 42.5 Å². The number of fused-ring (bicyclic) bond motifs is 2. The molecule has 8 heteroatoms. The van der Waals surface area contributed by atoms with Gasteiger partial charge in [0.05, 0.1) is 37.5 Å². The van der Waals surface area contributed by atoms with Crippen molar-refractivity contribution in [1.29, 1.82) is 0 Å². The van der Waals surface area contributed by atoms with Crippen LogP contribution in [0.3, 0.4) is 0 Å². The van der Waals surface area contributed by atoms with Crippen LogP contribution in [0.1, 0.15) is 16.1 Å². The number of aliphatic hydroxyl groups excluding tert-OH is 1. The minimum absolute atomic E-state index is 0.0883. The van der Waals surface area contributed by atoms with Crippen LogP contribution in [-0.2, 0) is 13.0 Å². The largest absolute Gasteiger partial charge is 0.482 e. The van der Waals surface area contributed by atoms with Gasteiger partial charge in [0.25, 0.3) is 0 Å². The zero-order valence-electron chi connectivity index (χ0n) is 16.3. The lowest BCUT2D eigenvalue weighted by Gasteiger charge is -2.08. The first-order valence-corrected chi connectivity index (χ1v) is 9.67. The Morgan fingerprint density at radius 2 is 2.20 bits per heavy atom. The number of carbonyl (C=O) groups is 1. The first-order chi connectivity index (χ1) is 14.7. The van der Waals surface area contributed by atoms with Gasteiger partial charge in [-0.15, -0.1) is 0 Å². The normalized spacial score (nSPS) is 15.2. The predicted molar refractivity (Wildman–Crippen MR) is 110 cm³/mol. The standard InChI is InChI=1S/C22H20N4O4/c1-29-22-16(12-23-24-22)13-6-7-15-17(10-13)26(8-9-27)25-20(15)21(28)19-11-14-4-2-3-5-18(14)30-19/h2-7,10,12,19,27H,8-9,11H2,1H3,(H,23,24). The van der Waals surface area contributed by atoms with Crippen molar-refractivity contribution in [2.45, 2.75) is 19.1 Å². The van der Waals surface area contributed by atoms with Gasteiger partial charge in [-0.05, 0) is 29.3 Å². The molecule has 1 aliphatic rings. The van der Waals surface area contributed by atoms with E-state index in [0.717, 1.165) is 33.3 Å². The molecule has 0 spiro atoms. The van der Waals surface area contributed by atoms with Crippen LogP contribution in [0.25, 0.3) is 22.0 Å². The fraction of sp³-hybridized carbons (Fsp3) is 0.227. The number of ether oxygens (including phenoxy) is 2. The van der Waals surface area contributed by atoms with Gasteiger partial charge < -0.3 is 14.6 Å². The van der Waals surface area contributed by atoms with Crippen LogP contribution >= 0.6 is 0 Å². The Labute approximate surface area is 172 Å². The average Bonchev–Trinajstić information content (AvgIpc) is 3.49. The zero-order chi connectivity index (χ0) is 20.7. The summed E-state index contributed by atoms with van der Waals surface area (Å²) in [6.07, 6.45) is 1.60. The fourth-order valence-corrected chi connectivity index (χ4v) is 3.90. The third-order valence-corrected chi connectivity index (χ3v) is 5.36. The van der Waals surface area contributed by atoms with E-state index in [4.69, 9.17) is 9.47 Å². The van der Waals surface area contributed by atoms with Crippen LogP contribution < -0.4 is 9.47 Å². The third-order valence-electron chi connectivity index (χ3n) is 5.36. The molecule has 0 amide bonds. The van der Waals surface area contributed by atoms with Gasteiger partial charge in [-0.25, -0.2) is 5.10 Å². The van der Waals surface area contributed by atoms with Gasteiger partial charge >= 0.3 is 0 Å². The van der Waals surface area contributed by atoms with Crippen molar-refractivity contribution in [3.63, 3.8) is 0 Å². The summed E-state index contributed by atoms with van der Waals surface area (Å²) in [4.78, 5) is 13.3. The van der Waals surface area contributed by atoms with E-state index in [9.17, 15) is 9.90 Å². The molecule has 2 N–H and O–H groups in total. The molecule has 0 aliphatic carbocycles. The summed E-state index contributed by atoms with van der Waals surface area (Å²) >= 11 is 0. The molecule has 0 saturated heterocycles. The second kappa shape index (κ2) is 7.31. The van der Waals surface area contributed by atoms with Crippen molar-refractivity contribution in [3.05, 3.63) is 59.9 Å². The predicted octanol–water partition coefficient (Wildman–Crippen LogP) is 2.61. The van der Waals surface area contributed by atoms with Crippen LogP contribution in [0, 0.1) is 0 Å². The number of hydrogen-bond acceptors (Lipinski definition) is 6. The van der Waals surface area contributed by atoms with Crippen LogP contribution in [0.15, 0.2) is 48.7 Å². The van der Waals surface area contributed by atoms with Gasteiger partial charge in [-0.1, -0.05) is 24.3 Å². The van der Waals surface area contributed by atoms with E-state index in [0.29, 0.717) is 18.0 Å². The first kappa shape index (κ1) is 18.4. The number of aromatic amines is 1. The van der Waals surface area contributed by atoms with Crippen molar-refractivity contribution < 1.29 is 19.4 Å². The lowest BCUT2D eigenvalue weighted by Crippen LogP contribution is -2.26. The number of nitrogens with zero attached hydrogens (tertiary/aromatic N) is 3. The van der Waals surface area contributed by atoms with Crippen molar-refractivity contribution in [2.75, 3.05) is 13.7 Å². The van der Waals surface area contributed by atoms with E-state index in [1.165, 1.54) is 0 Å². The number of Topliss-reactive ketones (excluding diaryl/α,β-unsaturated/α-hetero) is 1. The summed E-state index contributed by atoms with van der Waals surface area (Å²) in [5, 5.41) is 21.6. The van der Waals surface area contributed by atoms with Gasteiger partial charge in [0.15, 0.2) is 6.10 Å². The third kappa shape index (κ3) is 2.93. The Balaban J connectivity index is 1.55. The van der Waals surface area contributed by atoms with Crippen LogP contribution in [-0.4, -0.2) is 50.7 Å². The zero-order valence-corrected chi connectivity index (χ0v) is 16.3. The molecule has 8 nitrogen and oxygen atoms in total. The second-order valence-electron chi connectivity index (χ2n) is 7.13. The maximum absolute atomic E-state index is 13.3. The number of benzene rings is 2. The SMILES string of the molecule is COc1[nH]ncc1-c1ccc2c(C(=O)C3Cc4ccccc4O3)nn(CCO)c2c1.